The number of likely N-dealkylation sites (tertiary alicyclic amines) is 1. The molecule has 6 nitrogen and oxygen atoms in total. The number of furan rings is 1. The quantitative estimate of drug-likeness (QED) is 0.829. The predicted molar refractivity (Wildman–Crippen MR) is 97.2 cm³/mol. The number of imide groups is 1. The van der Waals surface area contributed by atoms with Crippen molar-refractivity contribution in [1.82, 2.24) is 15.5 Å². The Morgan fingerprint density at radius 2 is 1.92 bits per heavy atom. The number of nitrogens with one attached hydrogen (secondary N) is 2. The Hall–Kier alpha value is -2.60. The second-order valence-corrected chi connectivity index (χ2v) is 7.30. The first-order valence-corrected chi connectivity index (χ1v) is 9.04. The number of benzene rings is 1. The van der Waals surface area contributed by atoms with Crippen molar-refractivity contribution in [2.75, 3.05) is 13.1 Å². The molecule has 26 heavy (non-hydrogen) atoms. The number of hydrogen-bond donors (Lipinski definition) is 2. The Kier molecular flexibility index (Phi) is 4.28. The maximum absolute atomic E-state index is 12.1. The molecule has 2 aliphatic rings. The smallest absolute Gasteiger partial charge is 0.322 e. The lowest BCUT2D eigenvalue weighted by molar-refractivity contribution is -0.125. The molecule has 0 unspecified atom stereocenters. The van der Waals surface area contributed by atoms with E-state index in [0.717, 1.165) is 43.8 Å². The van der Waals surface area contributed by atoms with E-state index in [0.29, 0.717) is 0 Å². The molecule has 136 valence electrons. The van der Waals surface area contributed by atoms with Gasteiger partial charge in [0.15, 0.2) is 0 Å². The first-order chi connectivity index (χ1) is 12.6. The molecule has 2 aromatic rings. The Bertz CT molecular complexity index is 809. The lowest BCUT2D eigenvalue weighted by Crippen LogP contribution is -2.53. The van der Waals surface area contributed by atoms with Crippen LogP contribution < -0.4 is 10.6 Å². The molecule has 3 amide bonds. The molecule has 1 aromatic carbocycles. The topological polar surface area (TPSA) is 74.6 Å². The van der Waals surface area contributed by atoms with Gasteiger partial charge in [0.2, 0.25) is 0 Å². The fraction of sp³-hybridized carbons (Fsp3) is 0.400. The normalized spacial score (nSPS) is 24.5. The standard InChI is InChI=1S/C20H23N3O3/c1-20(18(24)21-19(25)22-20)15-8-10-23(11-9-15)13-14-5-2-3-6-16(14)17-7-4-12-26-17/h2-7,12,15H,8-11,13H2,1H3,(H2,21,22,24,25)/t20-/m1/s1. The summed E-state index contributed by atoms with van der Waals surface area (Å²) in [7, 11) is 0. The van der Waals surface area contributed by atoms with E-state index in [1.165, 1.54) is 5.56 Å². The zero-order valence-electron chi connectivity index (χ0n) is 14.8. The largest absolute Gasteiger partial charge is 0.464 e. The van der Waals surface area contributed by atoms with Crippen LogP contribution in [0.4, 0.5) is 4.79 Å². The summed E-state index contributed by atoms with van der Waals surface area (Å²) in [5.41, 5.74) is 1.57. The highest BCUT2D eigenvalue weighted by molar-refractivity contribution is 6.06. The van der Waals surface area contributed by atoms with Crippen LogP contribution in [0.25, 0.3) is 11.3 Å². The Balaban J connectivity index is 1.42. The lowest BCUT2D eigenvalue weighted by Gasteiger charge is -2.38. The van der Waals surface area contributed by atoms with Gasteiger partial charge in [-0.1, -0.05) is 24.3 Å². The minimum absolute atomic E-state index is 0.158. The zero-order valence-corrected chi connectivity index (χ0v) is 14.8. The van der Waals surface area contributed by atoms with Crippen molar-refractivity contribution >= 4 is 11.9 Å². The number of urea groups is 1. The van der Waals surface area contributed by atoms with Gasteiger partial charge in [-0.05, 0) is 56.5 Å². The van der Waals surface area contributed by atoms with E-state index in [1.54, 1.807) is 6.26 Å². The third kappa shape index (κ3) is 3.01. The van der Waals surface area contributed by atoms with Crippen LogP contribution in [-0.2, 0) is 11.3 Å². The van der Waals surface area contributed by atoms with Gasteiger partial charge >= 0.3 is 6.03 Å². The molecule has 2 fully saturated rings. The summed E-state index contributed by atoms with van der Waals surface area (Å²) < 4.78 is 5.57. The first kappa shape index (κ1) is 16.8. The van der Waals surface area contributed by atoms with E-state index in [1.807, 2.05) is 31.2 Å². The van der Waals surface area contributed by atoms with Gasteiger partial charge in [-0.25, -0.2) is 4.79 Å². The van der Waals surface area contributed by atoms with Crippen LogP contribution in [0, 0.1) is 5.92 Å². The van der Waals surface area contributed by atoms with E-state index in [9.17, 15) is 9.59 Å². The first-order valence-electron chi connectivity index (χ1n) is 9.04. The molecule has 4 rings (SSSR count). The molecular formula is C20H23N3O3. The highest BCUT2D eigenvalue weighted by atomic mass is 16.3. The van der Waals surface area contributed by atoms with Gasteiger partial charge in [-0.2, -0.15) is 0 Å². The van der Waals surface area contributed by atoms with Gasteiger partial charge in [0.25, 0.3) is 5.91 Å². The molecule has 1 aromatic heterocycles. The summed E-state index contributed by atoms with van der Waals surface area (Å²) in [5, 5.41) is 5.18. The SMILES string of the molecule is C[C@]1(C2CCN(Cc3ccccc3-c3ccco3)CC2)NC(=O)NC1=O. The van der Waals surface area contributed by atoms with Crippen LogP contribution in [-0.4, -0.2) is 35.5 Å². The maximum atomic E-state index is 12.1. The van der Waals surface area contributed by atoms with Crippen LogP contribution in [0.3, 0.4) is 0 Å². The van der Waals surface area contributed by atoms with Crippen molar-refractivity contribution in [3.05, 3.63) is 48.2 Å². The molecule has 0 bridgehead atoms. The van der Waals surface area contributed by atoms with E-state index >= 15 is 0 Å². The van der Waals surface area contributed by atoms with Crippen molar-refractivity contribution in [3.63, 3.8) is 0 Å². The van der Waals surface area contributed by atoms with E-state index in [4.69, 9.17) is 4.42 Å². The van der Waals surface area contributed by atoms with Crippen LogP contribution in [0.5, 0.6) is 0 Å². The van der Waals surface area contributed by atoms with Crippen LogP contribution in [0.1, 0.15) is 25.3 Å². The summed E-state index contributed by atoms with van der Waals surface area (Å²) in [6.45, 7) is 4.48. The number of piperidine rings is 1. The number of carbonyl (C=O) groups is 2. The number of carbonyl (C=O) groups excluding carboxylic acids is 2. The minimum Gasteiger partial charge on any atom is -0.464 e. The van der Waals surface area contributed by atoms with Crippen molar-refractivity contribution in [3.8, 4) is 11.3 Å². The van der Waals surface area contributed by atoms with Crippen LogP contribution >= 0.6 is 0 Å². The Morgan fingerprint density at radius 1 is 1.15 bits per heavy atom. The summed E-state index contributed by atoms with van der Waals surface area (Å²) in [6.07, 6.45) is 3.46. The molecule has 0 saturated carbocycles. The van der Waals surface area contributed by atoms with Gasteiger partial charge in [-0.3, -0.25) is 15.0 Å². The van der Waals surface area contributed by atoms with Crippen LogP contribution in [0.2, 0.25) is 0 Å². The van der Waals surface area contributed by atoms with Crippen molar-refractivity contribution in [2.45, 2.75) is 31.8 Å². The van der Waals surface area contributed by atoms with E-state index in [2.05, 4.69) is 27.7 Å². The zero-order chi connectivity index (χ0) is 18.1. The molecule has 2 saturated heterocycles. The van der Waals surface area contributed by atoms with Crippen molar-refractivity contribution in [2.24, 2.45) is 5.92 Å². The van der Waals surface area contributed by atoms with Crippen LogP contribution in [0.15, 0.2) is 47.1 Å². The molecule has 2 N–H and O–H groups in total. The summed E-state index contributed by atoms with van der Waals surface area (Å²) >= 11 is 0. The average molecular weight is 353 g/mol. The highest BCUT2D eigenvalue weighted by Crippen LogP contribution is 2.32. The second kappa shape index (κ2) is 6.61. The van der Waals surface area contributed by atoms with Gasteiger partial charge in [0, 0.05) is 12.1 Å². The molecular weight excluding hydrogens is 330 g/mol. The Morgan fingerprint density at radius 3 is 2.58 bits per heavy atom. The van der Waals surface area contributed by atoms with Crippen molar-refractivity contribution < 1.29 is 14.0 Å². The number of nitrogens with zero attached hydrogens (tertiary/aromatic N) is 1. The lowest BCUT2D eigenvalue weighted by atomic mass is 9.79. The second-order valence-electron chi connectivity index (χ2n) is 7.30. The minimum atomic E-state index is -0.782. The average Bonchev–Trinajstić information content (AvgIpc) is 3.25. The third-order valence-corrected chi connectivity index (χ3v) is 5.67. The molecule has 0 radical (unpaired) electrons. The van der Waals surface area contributed by atoms with Gasteiger partial charge in [0.05, 0.1) is 6.26 Å². The van der Waals surface area contributed by atoms with Gasteiger partial charge < -0.3 is 9.73 Å². The fourth-order valence-corrected chi connectivity index (χ4v) is 4.08. The summed E-state index contributed by atoms with van der Waals surface area (Å²) in [4.78, 5) is 26.0. The molecule has 6 heteroatoms. The van der Waals surface area contributed by atoms with E-state index < -0.39 is 5.54 Å². The van der Waals surface area contributed by atoms with Gasteiger partial charge in [0.1, 0.15) is 11.3 Å². The monoisotopic (exact) mass is 353 g/mol. The Labute approximate surface area is 152 Å². The fourth-order valence-electron chi connectivity index (χ4n) is 4.08. The highest BCUT2D eigenvalue weighted by Gasteiger charge is 2.48. The predicted octanol–water partition coefficient (Wildman–Crippen LogP) is 2.76. The summed E-state index contributed by atoms with van der Waals surface area (Å²) in [5.74, 6) is 0.836. The molecule has 2 aliphatic heterocycles. The van der Waals surface area contributed by atoms with Gasteiger partial charge in [-0.15, -0.1) is 0 Å². The third-order valence-electron chi connectivity index (χ3n) is 5.67. The number of hydrogen-bond acceptors (Lipinski definition) is 4. The number of amides is 3. The number of rotatable bonds is 4. The van der Waals surface area contributed by atoms with Crippen molar-refractivity contribution in [1.29, 1.82) is 0 Å². The molecule has 0 aliphatic carbocycles. The maximum Gasteiger partial charge on any atom is 0.322 e. The molecule has 0 spiro atoms. The van der Waals surface area contributed by atoms with E-state index in [-0.39, 0.29) is 17.9 Å². The summed E-state index contributed by atoms with van der Waals surface area (Å²) in [6, 6.07) is 11.8. The molecule has 3 heterocycles. The molecule has 1 atom stereocenters.